The highest BCUT2D eigenvalue weighted by molar-refractivity contribution is 14.0. The van der Waals surface area contributed by atoms with Gasteiger partial charge in [0.15, 0.2) is 5.96 Å². The van der Waals surface area contributed by atoms with Gasteiger partial charge in [0.2, 0.25) is 0 Å². The maximum Gasteiger partial charge on any atom is 0.191 e. The highest BCUT2D eigenvalue weighted by Crippen LogP contribution is 2.18. The summed E-state index contributed by atoms with van der Waals surface area (Å²) in [6.07, 6.45) is 3.63. The summed E-state index contributed by atoms with van der Waals surface area (Å²) in [6.45, 7) is 16.9. The predicted molar refractivity (Wildman–Crippen MR) is 125 cm³/mol. The molecule has 1 aliphatic heterocycles. The lowest BCUT2D eigenvalue weighted by Gasteiger charge is -2.34. The molecule has 27 heavy (non-hydrogen) atoms. The summed E-state index contributed by atoms with van der Waals surface area (Å²) >= 11 is 0. The number of piperidine rings is 1. The third kappa shape index (κ3) is 8.37. The summed E-state index contributed by atoms with van der Waals surface area (Å²) in [6, 6.07) is 2.77. The maximum absolute atomic E-state index is 4.84. The Bertz CT molecular complexity index is 569. The molecule has 6 nitrogen and oxygen atoms in total. The number of rotatable bonds is 8. The molecule has 0 bridgehead atoms. The Labute approximate surface area is 182 Å². The second kappa shape index (κ2) is 12.6. The van der Waals surface area contributed by atoms with Crippen LogP contribution in [0.1, 0.15) is 51.4 Å². The molecule has 1 fully saturated rings. The van der Waals surface area contributed by atoms with Crippen molar-refractivity contribution in [2.24, 2.45) is 10.9 Å². The molecule has 0 amide bonds. The average Bonchev–Trinajstić information content (AvgIpc) is 2.94. The van der Waals surface area contributed by atoms with E-state index in [9.17, 15) is 0 Å². The fraction of sp³-hybridized carbons (Fsp3) is 0.800. The monoisotopic (exact) mass is 490 g/mol. The highest BCUT2D eigenvalue weighted by Gasteiger charge is 2.21. The first-order valence-corrected chi connectivity index (χ1v) is 10.3. The van der Waals surface area contributed by atoms with E-state index in [0.29, 0.717) is 12.0 Å². The van der Waals surface area contributed by atoms with Crippen LogP contribution in [0.15, 0.2) is 11.1 Å². The smallest absolute Gasteiger partial charge is 0.191 e. The largest absolute Gasteiger partial charge is 0.357 e. The number of hydrogen-bond donors (Lipinski definition) is 2. The number of nitrogens with zero attached hydrogens (tertiary/aromatic N) is 4. The van der Waals surface area contributed by atoms with E-state index in [1.54, 1.807) is 0 Å². The second-order valence-corrected chi connectivity index (χ2v) is 7.75. The molecule has 2 heterocycles. The van der Waals surface area contributed by atoms with E-state index in [0.717, 1.165) is 44.3 Å². The first-order chi connectivity index (χ1) is 12.5. The van der Waals surface area contributed by atoms with Gasteiger partial charge in [-0.25, -0.2) is 0 Å². The SMILES string of the molecule is CCNC(=NCC1CCCN(C(C)C)C1)NCCCn1nc(C)cc1C.I. The van der Waals surface area contributed by atoms with Crippen LogP contribution in [0.5, 0.6) is 0 Å². The van der Waals surface area contributed by atoms with Gasteiger partial charge >= 0.3 is 0 Å². The fourth-order valence-electron chi connectivity index (χ4n) is 3.61. The third-order valence-corrected chi connectivity index (χ3v) is 5.08. The van der Waals surface area contributed by atoms with Gasteiger partial charge in [-0.2, -0.15) is 5.10 Å². The van der Waals surface area contributed by atoms with Crippen LogP contribution in [0.3, 0.4) is 0 Å². The topological polar surface area (TPSA) is 57.5 Å². The predicted octanol–water partition coefficient (Wildman–Crippen LogP) is 3.18. The minimum Gasteiger partial charge on any atom is -0.357 e. The quantitative estimate of drug-likeness (QED) is 0.255. The van der Waals surface area contributed by atoms with Gasteiger partial charge in [0.05, 0.1) is 5.69 Å². The summed E-state index contributed by atoms with van der Waals surface area (Å²) in [5.41, 5.74) is 2.32. The van der Waals surface area contributed by atoms with E-state index in [2.05, 4.69) is 59.1 Å². The molecule has 0 spiro atoms. The van der Waals surface area contributed by atoms with Crippen molar-refractivity contribution in [1.82, 2.24) is 25.3 Å². The van der Waals surface area contributed by atoms with E-state index in [1.165, 1.54) is 31.6 Å². The van der Waals surface area contributed by atoms with Crippen molar-refractivity contribution >= 4 is 29.9 Å². The first-order valence-electron chi connectivity index (χ1n) is 10.3. The van der Waals surface area contributed by atoms with Gasteiger partial charge in [-0.3, -0.25) is 9.67 Å². The van der Waals surface area contributed by atoms with Crippen molar-refractivity contribution in [3.8, 4) is 0 Å². The molecular formula is C20H39IN6. The molecule has 7 heteroatoms. The molecule has 1 aromatic rings. The second-order valence-electron chi connectivity index (χ2n) is 7.75. The number of guanidine groups is 1. The molecule has 0 aromatic carbocycles. The number of aryl methyl sites for hydroxylation is 3. The van der Waals surface area contributed by atoms with E-state index in [4.69, 9.17) is 4.99 Å². The Morgan fingerprint density at radius 1 is 1.33 bits per heavy atom. The van der Waals surface area contributed by atoms with E-state index in [1.807, 2.05) is 6.92 Å². The number of aromatic nitrogens is 2. The number of likely N-dealkylation sites (tertiary alicyclic amines) is 1. The lowest BCUT2D eigenvalue weighted by atomic mass is 9.97. The average molecular weight is 490 g/mol. The Balaban J connectivity index is 0.00000364. The summed E-state index contributed by atoms with van der Waals surface area (Å²) in [5, 5.41) is 11.4. The van der Waals surface area contributed by atoms with Crippen LogP contribution < -0.4 is 10.6 Å². The van der Waals surface area contributed by atoms with Crippen molar-refractivity contribution in [3.05, 3.63) is 17.5 Å². The number of halogens is 1. The van der Waals surface area contributed by atoms with Crippen LogP contribution in [0.25, 0.3) is 0 Å². The minimum atomic E-state index is 0. The van der Waals surface area contributed by atoms with Gasteiger partial charge in [0.25, 0.3) is 0 Å². The molecule has 0 saturated carbocycles. The molecule has 156 valence electrons. The van der Waals surface area contributed by atoms with Crippen LogP contribution in [-0.4, -0.2) is 59.4 Å². The van der Waals surface area contributed by atoms with Gasteiger partial charge in [0, 0.05) is 44.5 Å². The normalized spacial score (nSPS) is 18.4. The summed E-state index contributed by atoms with van der Waals surface area (Å²) < 4.78 is 2.09. The molecule has 1 aliphatic rings. The van der Waals surface area contributed by atoms with Gasteiger partial charge in [-0.1, -0.05) is 0 Å². The van der Waals surface area contributed by atoms with Gasteiger partial charge in [-0.05, 0) is 72.4 Å². The molecule has 0 aliphatic carbocycles. The standard InChI is InChI=1S/C20H38N6.HI/c1-6-21-20(22-10-8-12-26-18(5)13-17(4)24-26)23-14-19-9-7-11-25(15-19)16(2)3;/h13,16,19H,6-12,14-15H2,1-5H3,(H2,21,22,23);1H. The van der Waals surface area contributed by atoms with Crippen LogP contribution in [-0.2, 0) is 6.54 Å². The maximum atomic E-state index is 4.84. The Hall–Kier alpha value is -0.830. The fourth-order valence-corrected chi connectivity index (χ4v) is 3.61. The van der Waals surface area contributed by atoms with Crippen molar-refractivity contribution in [2.75, 3.05) is 32.7 Å². The van der Waals surface area contributed by atoms with E-state index < -0.39 is 0 Å². The lowest BCUT2D eigenvalue weighted by Crippen LogP contribution is -2.42. The van der Waals surface area contributed by atoms with Crippen molar-refractivity contribution in [1.29, 1.82) is 0 Å². The molecule has 1 saturated heterocycles. The van der Waals surface area contributed by atoms with Gasteiger partial charge < -0.3 is 15.5 Å². The number of aliphatic imine (C=N–C) groups is 1. The van der Waals surface area contributed by atoms with Crippen LogP contribution in [0.4, 0.5) is 0 Å². The Kier molecular flexibility index (Phi) is 11.3. The minimum absolute atomic E-state index is 0. The number of hydrogen-bond acceptors (Lipinski definition) is 3. The van der Waals surface area contributed by atoms with Gasteiger partial charge in [-0.15, -0.1) is 24.0 Å². The van der Waals surface area contributed by atoms with E-state index >= 15 is 0 Å². The summed E-state index contributed by atoms with van der Waals surface area (Å²) in [4.78, 5) is 7.42. The molecule has 2 rings (SSSR count). The lowest BCUT2D eigenvalue weighted by molar-refractivity contribution is 0.143. The zero-order valence-corrected chi connectivity index (χ0v) is 20.1. The molecular weight excluding hydrogens is 451 g/mol. The van der Waals surface area contributed by atoms with Gasteiger partial charge in [0.1, 0.15) is 0 Å². The zero-order chi connectivity index (χ0) is 18.9. The molecule has 1 aromatic heterocycles. The van der Waals surface area contributed by atoms with E-state index in [-0.39, 0.29) is 24.0 Å². The van der Waals surface area contributed by atoms with Crippen LogP contribution in [0.2, 0.25) is 0 Å². The van der Waals surface area contributed by atoms with Crippen molar-refractivity contribution in [3.63, 3.8) is 0 Å². The Morgan fingerprint density at radius 3 is 2.74 bits per heavy atom. The Morgan fingerprint density at radius 2 is 2.11 bits per heavy atom. The summed E-state index contributed by atoms with van der Waals surface area (Å²) in [5.74, 6) is 1.62. The van der Waals surface area contributed by atoms with Crippen molar-refractivity contribution in [2.45, 2.75) is 66.5 Å². The molecule has 0 radical (unpaired) electrons. The van der Waals surface area contributed by atoms with Crippen LogP contribution in [0, 0.1) is 19.8 Å². The highest BCUT2D eigenvalue weighted by atomic mass is 127. The zero-order valence-electron chi connectivity index (χ0n) is 17.8. The summed E-state index contributed by atoms with van der Waals surface area (Å²) in [7, 11) is 0. The molecule has 1 atom stereocenters. The van der Waals surface area contributed by atoms with Crippen molar-refractivity contribution < 1.29 is 0 Å². The molecule has 2 N–H and O–H groups in total. The first kappa shape index (κ1) is 24.2. The molecule has 1 unspecified atom stereocenters. The van der Waals surface area contributed by atoms with Crippen LogP contribution >= 0.6 is 24.0 Å². The number of nitrogens with one attached hydrogen (secondary N) is 2. The third-order valence-electron chi connectivity index (χ3n) is 5.08.